The van der Waals surface area contributed by atoms with Gasteiger partial charge in [0.1, 0.15) is 0 Å². The Morgan fingerprint density at radius 3 is 2.10 bits per heavy atom. The summed E-state index contributed by atoms with van der Waals surface area (Å²) in [4.78, 5) is 42.9. The first-order valence-electron chi connectivity index (χ1n) is 10.2. The van der Waals surface area contributed by atoms with Gasteiger partial charge in [0.05, 0.1) is 27.5 Å². The van der Waals surface area contributed by atoms with Gasteiger partial charge in [-0.25, -0.2) is 4.90 Å². The highest BCUT2D eigenvalue weighted by atomic mass is 35.5. The number of anilines is 2. The molecule has 2 aliphatic heterocycles. The molecular weight excluding hydrogens is 402 g/mol. The van der Waals surface area contributed by atoms with Crippen LogP contribution < -0.4 is 9.80 Å². The van der Waals surface area contributed by atoms with Crippen molar-refractivity contribution < 1.29 is 14.4 Å². The van der Waals surface area contributed by atoms with E-state index in [1.54, 1.807) is 36.4 Å². The van der Waals surface area contributed by atoms with Crippen molar-refractivity contribution in [2.75, 3.05) is 36.0 Å². The van der Waals surface area contributed by atoms with Gasteiger partial charge >= 0.3 is 0 Å². The van der Waals surface area contributed by atoms with Crippen molar-refractivity contribution in [3.05, 3.63) is 58.6 Å². The number of benzene rings is 2. The van der Waals surface area contributed by atoms with Crippen LogP contribution in [-0.2, 0) is 4.79 Å². The first kappa shape index (κ1) is 20.4. The highest BCUT2D eigenvalue weighted by molar-refractivity contribution is 6.36. The van der Waals surface area contributed by atoms with Gasteiger partial charge in [-0.2, -0.15) is 0 Å². The lowest BCUT2D eigenvalue weighted by Crippen LogP contribution is -2.49. The van der Waals surface area contributed by atoms with Crippen molar-refractivity contribution in [1.82, 2.24) is 4.90 Å². The van der Waals surface area contributed by atoms with E-state index in [-0.39, 0.29) is 17.7 Å². The Labute approximate surface area is 181 Å². The predicted octanol–water partition coefficient (Wildman–Crippen LogP) is 3.84. The Morgan fingerprint density at radius 1 is 0.967 bits per heavy atom. The molecule has 6 nitrogen and oxygen atoms in total. The number of carbonyl (C=O) groups is 3. The summed E-state index contributed by atoms with van der Waals surface area (Å²) in [5, 5.41) is 0.478. The van der Waals surface area contributed by atoms with E-state index in [1.165, 1.54) is 4.90 Å². The quantitative estimate of drug-likeness (QED) is 0.698. The van der Waals surface area contributed by atoms with E-state index in [9.17, 15) is 14.4 Å². The molecule has 0 radical (unpaired) electrons. The lowest BCUT2D eigenvalue weighted by atomic mass is 10.1. The number of piperazine rings is 1. The average Bonchev–Trinajstić information content (AvgIpc) is 2.98. The van der Waals surface area contributed by atoms with E-state index in [0.717, 1.165) is 5.69 Å². The molecule has 2 aromatic rings. The molecule has 2 heterocycles. The van der Waals surface area contributed by atoms with E-state index >= 15 is 0 Å². The Hall–Kier alpha value is -2.86. The molecule has 0 spiro atoms. The summed E-state index contributed by atoms with van der Waals surface area (Å²) in [5.74, 6) is -0.134. The standard InChI is InChI=1S/C23H24ClN3O3/c1-15(2)13-21(28)26-11-9-25(10-12-26)20-8-7-16(14-19(20)24)27-22(29)17-5-3-4-6-18(17)23(27)30/h3-8,14-15H,9-13H2,1-2H3. The SMILES string of the molecule is CC(C)CC(=O)N1CCN(c2ccc(N3C(=O)c4ccccc4C3=O)cc2Cl)CC1. The monoisotopic (exact) mass is 425 g/mol. The molecule has 0 bridgehead atoms. The molecular formula is C23H24ClN3O3. The van der Waals surface area contributed by atoms with Crippen LogP contribution in [0.5, 0.6) is 0 Å². The molecule has 1 saturated heterocycles. The van der Waals surface area contributed by atoms with E-state index in [4.69, 9.17) is 11.6 Å². The number of fused-ring (bicyclic) bond motifs is 1. The number of hydrogen-bond donors (Lipinski definition) is 0. The van der Waals surface area contributed by atoms with Gasteiger partial charge in [0.2, 0.25) is 5.91 Å². The zero-order chi connectivity index (χ0) is 21.4. The molecule has 2 aliphatic rings. The molecule has 0 unspecified atom stereocenters. The van der Waals surface area contributed by atoms with Crippen molar-refractivity contribution in [3.8, 4) is 0 Å². The Kier molecular flexibility index (Phi) is 5.52. The van der Waals surface area contributed by atoms with Crippen LogP contribution in [0.3, 0.4) is 0 Å². The molecule has 0 aliphatic carbocycles. The summed E-state index contributed by atoms with van der Waals surface area (Å²) in [6, 6.07) is 12.1. The van der Waals surface area contributed by atoms with Gasteiger partial charge in [-0.15, -0.1) is 0 Å². The molecule has 0 atom stereocenters. The number of nitrogens with zero attached hydrogens (tertiary/aromatic N) is 3. The summed E-state index contributed by atoms with van der Waals surface area (Å²) in [5.41, 5.74) is 2.11. The van der Waals surface area contributed by atoms with E-state index in [0.29, 0.717) is 60.4 Å². The average molecular weight is 426 g/mol. The van der Waals surface area contributed by atoms with Crippen molar-refractivity contribution >= 4 is 40.7 Å². The van der Waals surface area contributed by atoms with Gasteiger partial charge in [-0.1, -0.05) is 37.6 Å². The normalized spacial score (nSPS) is 16.5. The number of rotatable bonds is 4. The fourth-order valence-electron chi connectivity index (χ4n) is 3.99. The fourth-order valence-corrected chi connectivity index (χ4v) is 4.28. The highest BCUT2D eigenvalue weighted by Gasteiger charge is 2.36. The van der Waals surface area contributed by atoms with Crippen LogP contribution in [0.1, 0.15) is 41.0 Å². The summed E-state index contributed by atoms with van der Waals surface area (Å²) in [7, 11) is 0. The molecule has 30 heavy (non-hydrogen) atoms. The lowest BCUT2D eigenvalue weighted by molar-refractivity contribution is -0.132. The van der Waals surface area contributed by atoms with Gasteiger partial charge in [0.15, 0.2) is 0 Å². The number of halogens is 1. The van der Waals surface area contributed by atoms with Crippen molar-refractivity contribution in [1.29, 1.82) is 0 Å². The van der Waals surface area contributed by atoms with Crippen LogP contribution in [0.2, 0.25) is 5.02 Å². The summed E-state index contributed by atoms with van der Waals surface area (Å²) in [6.07, 6.45) is 0.565. The van der Waals surface area contributed by atoms with E-state index < -0.39 is 0 Å². The number of carbonyl (C=O) groups excluding carboxylic acids is 3. The minimum absolute atomic E-state index is 0.191. The molecule has 1 fully saturated rings. The van der Waals surface area contributed by atoms with Crippen molar-refractivity contribution in [3.63, 3.8) is 0 Å². The third kappa shape index (κ3) is 3.67. The lowest BCUT2D eigenvalue weighted by Gasteiger charge is -2.37. The van der Waals surface area contributed by atoms with E-state index in [1.807, 2.05) is 24.8 Å². The van der Waals surface area contributed by atoms with Crippen molar-refractivity contribution in [2.45, 2.75) is 20.3 Å². The molecule has 2 aromatic carbocycles. The smallest absolute Gasteiger partial charge is 0.266 e. The maximum atomic E-state index is 12.7. The Morgan fingerprint density at radius 2 is 1.57 bits per heavy atom. The van der Waals surface area contributed by atoms with Gasteiger partial charge in [-0.3, -0.25) is 14.4 Å². The maximum absolute atomic E-state index is 12.7. The van der Waals surface area contributed by atoms with Gasteiger partial charge in [0.25, 0.3) is 11.8 Å². The highest BCUT2D eigenvalue weighted by Crippen LogP contribution is 2.34. The van der Waals surface area contributed by atoms with Crippen LogP contribution >= 0.6 is 11.6 Å². The third-order valence-corrected chi connectivity index (χ3v) is 5.84. The van der Waals surface area contributed by atoms with Crippen LogP contribution in [0.25, 0.3) is 0 Å². The molecule has 0 saturated carbocycles. The number of hydrogen-bond acceptors (Lipinski definition) is 4. The Bertz CT molecular complexity index is 978. The third-order valence-electron chi connectivity index (χ3n) is 5.54. The molecule has 0 N–H and O–H groups in total. The van der Waals surface area contributed by atoms with Crippen LogP contribution in [0.4, 0.5) is 11.4 Å². The second kappa shape index (κ2) is 8.11. The predicted molar refractivity (Wildman–Crippen MR) is 117 cm³/mol. The Balaban J connectivity index is 1.48. The minimum Gasteiger partial charge on any atom is -0.367 e. The summed E-state index contributed by atoms with van der Waals surface area (Å²) >= 11 is 6.54. The molecule has 0 aromatic heterocycles. The number of amides is 3. The second-order valence-corrected chi connectivity index (χ2v) is 8.50. The van der Waals surface area contributed by atoms with Crippen molar-refractivity contribution in [2.24, 2.45) is 5.92 Å². The van der Waals surface area contributed by atoms with E-state index in [2.05, 4.69) is 4.90 Å². The largest absolute Gasteiger partial charge is 0.367 e. The molecule has 3 amide bonds. The number of imide groups is 1. The van der Waals surface area contributed by atoms with Crippen LogP contribution in [0, 0.1) is 5.92 Å². The first-order chi connectivity index (χ1) is 14.4. The molecule has 156 valence electrons. The van der Waals surface area contributed by atoms with Gasteiger partial charge in [0, 0.05) is 32.6 Å². The van der Waals surface area contributed by atoms with Gasteiger partial charge in [-0.05, 0) is 36.2 Å². The zero-order valence-electron chi connectivity index (χ0n) is 17.1. The van der Waals surface area contributed by atoms with Gasteiger partial charge < -0.3 is 9.80 Å². The second-order valence-electron chi connectivity index (χ2n) is 8.09. The molecule has 7 heteroatoms. The molecule has 4 rings (SSSR count). The summed E-state index contributed by atoms with van der Waals surface area (Å²) in [6.45, 7) is 6.78. The fraction of sp³-hybridized carbons (Fsp3) is 0.348. The maximum Gasteiger partial charge on any atom is 0.266 e. The van der Waals surface area contributed by atoms with Crippen LogP contribution in [0.15, 0.2) is 42.5 Å². The topological polar surface area (TPSA) is 60.9 Å². The summed E-state index contributed by atoms with van der Waals surface area (Å²) < 4.78 is 0. The minimum atomic E-state index is -0.336. The van der Waals surface area contributed by atoms with Crippen LogP contribution in [-0.4, -0.2) is 48.8 Å². The first-order valence-corrected chi connectivity index (χ1v) is 10.5. The zero-order valence-corrected chi connectivity index (χ0v) is 17.9.